The molecule has 2 aromatic rings. The highest BCUT2D eigenvalue weighted by atomic mass is 32.2. The van der Waals surface area contributed by atoms with Crippen LogP contribution in [0.1, 0.15) is 16.8 Å². The van der Waals surface area contributed by atoms with Crippen LogP contribution in [-0.2, 0) is 10.0 Å². The van der Waals surface area contributed by atoms with Crippen molar-refractivity contribution in [3.05, 3.63) is 60.2 Å². The van der Waals surface area contributed by atoms with Crippen LogP contribution in [-0.4, -0.2) is 53.5 Å². The van der Waals surface area contributed by atoms with Crippen LogP contribution in [0.3, 0.4) is 0 Å². The summed E-state index contributed by atoms with van der Waals surface area (Å²) in [6.07, 6.45) is 0.827. The number of carbonyl (C=O) groups excluding carboxylic acids is 1. The molecule has 140 valence electrons. The van der Waals surface area contributed by atoms with Gasteiger partial charge >= 0.3 is 0 Å². The first-order valence-corrected chi connectivity index (χ1v) is 9.83. The molecule has 6 nitrogen and oxygen atoms in total. The zero-order valence-corrected chi connectivity index (χ0v) is 16.2. The van der Waals surface area contributed by atoms with E-state index in [0.717, 1.165) is 13.0 Å². The van der Waals surface area contributed by atoms with Crippen molar-refractivity contribution in [2.75, 3.05) is 38.5 Å². The van der Waals surface area contributed by atoms with Gasteiger partial charge in [-0.15, -0.1) is 0 Å². The van der Waals surface area contributed by atoms with E-state index >= 15 is 0 Å². The molecule has 0 bridgehead atoms. The van der Waals surface area contributed by atoms with Gasteiger partial charge in [0.05, 0.1) is 10.6 Å². The summed E-state index contributed by atoms with van der Waals surface area (Å²) in [4.78, 5) is 14.4. The second-order valence-corrected chi connectivity index (χ2v) is 8.22. The molecule has 0 aliphatic rings. The maximum Gasteiger partial charge on any atom is 0.264 e. The topological polar surface area (TPSA) is 69.7 Å². The lowest BCUT2D eigenvalue weighted by Crippen LogP contribution is -2.28. The van der Waals surface area contributed by atoms with Gasteiger partial charge in [-0.1, -0.05) is 24.3 Å². The van der Waals surface area contributed by atoms with E-state index in [1.54, 1.807) is 36.4 Å². The van der Waals surface area contributed by atoms with E-state index in [0.29, 0.717) is 17.8 Å². The summed E-state index contributed by atoms with van der Waals surface area (Å²) in [7, 11) is 1.70. The molecular weight excluding hydrogens is 350 g/mol. The standard InChI is InChI=1S/C19H25N3O3S/c1-21(2)14-8-13-20-19(23)16-9-7-12-18(15-16)26(24,25)22(3)17-10-5-4-6-11-17/h4-7,9-12,15H,8,13-14H2,1-3H3,(H,20,23). The Morgan fingerprint density at radius 1 is 1.00 bits per heavy atom. The van der Waals surface area contributed by atoms with E-state index in [2.05, 4.69) is 5.32 Å². The van der Waals surface area contributed by atoms with Crippen LogP contribution in [0.4, 0.5) is 5.69 Å². The number of nitrogens with zero attached hydrogens (tertiary/aromatic N) is 2. The third-order valence-corrected chi connectivity index (χ3v) is 5.72. The maximum atomic E-state index is 12.8. The highest BCUT2D eigenvalue weighted by Crippen LogP contribution is 2.22. The van der Waals surface area contributed by atoms with Gasteiger partial charge in [-0.05, 0) is 57.4 Å². The molecule has 0 aliphatic heterocycles. The minimum atomic E-state index is -3.74. The Bertz CT molecular complexity index is 836. The quantitative estimate of drug-likeness (QED) is 0.718. The van der Waals surface area contributed by atoms with Crippen LogP contribution in [0.25, 0.3) is 0 Å². The summed E-state index contributed by atoms with van der Waals surface area (Å²) in [5, 5.41) is 2.82. The van der Waals surface area contributed by atoms with Gasteiger partial charge in [-0.3, -0.25) is 9.10 Å². The van der Waals surface area contributed by atoms with Crippen LogP contribution in [0.2, 0.25) is 0 Å². The number of carbonyl (C=O) groups is 1. The molecule has 2 rings (SSSR count). The Labute approximate surface area is 155 Å². The molecule has 0 radical (unpaired) electrons. The zero-order valence-electron chi connectivity index (χ0n) is 15.3. The molecule has 0 heterocycles. The van der Waals surface area contributed by atoms with E-state index in [4.69, 9.17) is 0 Å². The fourth-order valence-corrected chi connectivity index (χ4v) is 3.67. The molecule has 0 aromatic heterocycles. The molecule has 0 spiro atoms. The van der Waals surface area contributed by atoms with Crippen molar-refractivity contribution in [2.24, 2.45) is 0 Å². The Kier molecular flexibility index (Phi) is 6.76. The third kappa shape index (κ3) is 5.06. The van der Waals surface area contributed by atoms with Crippen molar-refractivity contribution in [1.29, 1.82) is 0 Å². The molecule has 0 fully saturated rings. The number of amides is 1. The molecular formula is C19H25N3O3S. The first-order chi connectivity index (χ1) is 12.3. The largest absolute Gasteiger partial charge is 0.352 e. The Balaban J connectivity index is 2.13. The highest BCUT2D eigenvalue weighted by molar-refractivity contribution is 7.92. The van der Waals surface area contributed by atoms with Gasteiger partial charge in [0.25, 0.3) is 15.9 Å². The second-order valence-electron chi connectivity index (χ2n) is 6.25. The minimum Gasteiger partial charge on any atom is -0.352 e. The van der Waals surface area contributed by atoms with Gasteiger partial charge in [0.2, 0.25) is 0 Å². The average molecular weight is 375 g/mol. The lowest BCUT2D eigenvalue weighted by atomic mass is 10.2. The Morgan fingerprint density at radius 2 is 1.69 bits per heavy atom. The smallest absolute Gasteiger partial charge is 0.264 e. The van der Waals surface area contributed by atoms with Crippen LogP contribution in [0.5, 0.6) is 0 Å². The molecule has 1 amide bonds. The molecule has 0 atom stereocenters. The van der Waals surface area contributed by atoms with E-state index in [9.17, 15) is 13.2 Å². The number of hydrogen-bond acceptors (Lipinski definition) is 4. The van der Waals surface area contributed by atoms with E-state index in [1.165, 1.54) is 23.5 Å². The molecule has 0 unspecified atom stereocenters. The first kappa shape index (κ1) is 19.9. The van der Waals surface area contributed by atoms with Crippen molar-refractivity contribution in [1.82, 2.24) is 10.2 Å². The van der Waals surface area contributed by atoms with Crippen molar-refractivity contribution in [3.63, 3.8) is 0 Å². The first-order valence-electron chi connectivity index (χ1n) is 8.39. The number of nitrogens with one attached hydrogen (secondary N) is 1. The fraction of sp³-hybridized carbons (Fsp3) is 0.316. The van der Waals surface area contributed by atoms with E-state index < -0.39 is 10.0 Å². The number of rotatable bonds is 8. The normalized spacial score (nSPS) is 11.4. The lowest BCUT2D eigenvalue weighted by Gasteiger charge is -2.19. The SMILES string of the molecule is CN(C)CCCNC(=O)c1cccc(S(=O)(=O)N(C)c2ccccc2)c1. The average Bonchev–Trinajstić information content (AvgIpc) is 2.65. The second kappa shape index (κ2) is 8.82. The summed E-state index contributed by atoms with van der Waals surface area (Å²) in [5.74, 6) is -0.275. The monoisotopic (exact) mass is 375 g/mol. The number of benzene rings is 2. The van der Waals surface area contributed by atoms with Crippen molar-refractivity contribution >= 4 is 21.6 Å². The Morgan fingerprint density at radius 3 is 2.35 bits per heavy atom. The molecule has 2 aromatic carbocycles. The number of anilines is 1. The third-order valence-electron chi connectivity index (χ3n) is 3.94. The van der Waals surface area contributed by atoms with E-state index in [-0.39, 0.29) is 10.8 Å². The Hall–Kier alpha value is -2.38. The van der Waals surface area contributed by atoms with Gasteiger partial charge in [0.1, 0.15) is 0 Å². The van der Waals surface area contributed by atoms with Crippen molar-refractivity contribution in [3.8, 4) is 0 Å². The van der Waals surface area contributed by atoms with Crippen LogP contribution >= 0.6 is 0 Å². The minimum absolute atomic E-state index is 0.0878. The molecule has 0 saturated heterocycles. The molecule has 1 N–H and O–H groups in total. The maximum absolute atomic E-state index is 12.8. The number of hydrogen-bond donors (Lipinski definition) is 1. The van der Waals surface area contributed by atoms with Crippen LogP contribution in [0, 0.1) is 0 Å². The van der Waals surface area contributed by atoms with Crippen LogP contribution in [0.15, 0.2) is 59.5 Å². The molecule has 26 heavy (non-hydrogen) atoms. The summed E-state index contributed by atoms with van der Waals surface area (Å²) in [5.41, 5.74) is 0.892. The summed E-state index contributed by atoms with van der Waals surface area (Å²) in [6.45, 7) is 1.41. The van der Waals surface area contributed by atoms with Gasteiger partial charge in [-0.25, -0.2) is 8.42 Å². The highest BCUT2D eigenvalue weighted by Gasteiger charge is 2.22. The fourth-order valence-electron chi connectivity index (χ4n) is 2.43. The van der Waals surface area contributed by atoms with Gasteiger partial charge < -0.3 is 10.2 Å². The predicted molar refractivity (Wildman–Crippen MR) is 104 cm³/mol. The summed E-state index contributed by atoms with van der Waals surface area (Å²) >= 11 is 0. The summed E-state index contributed by atoms with van der Waals surface area (Å²) < 4.78 is 26.9. The molecule has 7 heteroatoms. The van der Waals surface area contributed by atoms with Crippen LogP contribution < -0.4 is 9.62 Å². The predicted octanol–water partition coefficient (Wildman–Crippen LogP) is 2.19. The number of para-hydroxylation sites is 1. The van der Waals surface area contributed by atoms with Crippen molar-refractivity contribution < 1.29 is 13.2 Å². The van der Waals surface area contributed by atoms with E-state index in [1.807, 2.05) is 25.1 Å². The van der Waals surface area contributed by atoms with Gasteiger partial charge in [-0.2, -0.15) is 0 Å². The number of sulfonamides is 1. The van der Waals surface area contributed by atoms with Crippen molar-refractivity contribution in [2.45, 2.75) is 11.3 Å². The summed E-state index contributed by atoms with van der Waals surface area (Å²) in [6, 6.07) is 14.9. The molecule has 0 saturated carbocycles. The zero-order chi connectivity index (χ0) is 19.2. The lowest BCUT2D eigenvalue weighted by molar-refractivity contribution is 0.0952. The molecule has 0 aliphatic carbocycles. The van der Waals surface area contributed by atoms with Gasteiger partial charge in [0.15, 0.2) is 0 Å². The van der Waals surface area contributed by atoms with Gasteiger partial charge in [0, 0.05) is 19.2 Å².